The van der Waals surface area contributed by atoms with Crippen LogP contribution >= 0.6 is 0 Å². The first-order valence-corrected chi connectivity index (χ1v) is 3.50. The van der Waals surface area contributed by atoms with Crippen LogP contribution in [0.3, 0.4) is 0 Å². The van der Waals surface area contributed by atoms with Gasteiger partial charge in [-0.15, -0.1) is 0 Å². The van der Waals surface area contributed by atoms with Crippen molar-refractivity contribution in [2.75, 3.05) is 13.2 Å². The van der Waals surface area contributed by atoms with Gasteiger partial charge in [0.25, 0.3) is 0 Å². The van der Waals surface area contributed by atoms with Gasteiger partial charge >= 0.3 is 0 Å². The molecule has 6 N–H and O–H groups in total. The number of aliphatic hydroxyl groups excluding tert-OH is 1. The highest BCUT2D eigenvalue weighted by atomic mass is 16.3. The Morgan fingerprint density at radius 3 is 2.50 bits per heavy atom. The fourth-order valence-corrected chi connectivity index (χ4v) is 0.523. The molecule has 1 atom stereocenters. The van der Waals surface area contributed by atoms with Crippen LogP contribution < -0.4 is 16.8 Å². The number of aliphatic hydroxyl groups is 1. The second-order valence-electron chi connectivity index (χ2n) is 2.30. The number of carbonyl (C=O) groups excluding carboxylic acids is 2. The maximum atomic E-state index is 10.8. The normalized spacial score (nSPS) is 12.2. The molecular formula is C6H13N3O3. The van der Waals surface area contributed by atoms with Gasteiger partial charge in [-0.2, -0.15) is 0 Å². The van der Waals surface area contributed by atoms with E-state index in [4.69, 9.17) is 16.6 Å². The van der Waals surface area contributed by atoms with Crippen molar-refractivity contribution < 1.29 is 14.7 Å². The molecule has 0 aliphatic heterocycles. The lowest BCUT2D eigenvalue weighted by atomic mass is 10.3. The summed E-state index contributed by atoms with van der Waals surface area (Å²) in [6.45, 7) is -0.260. The Hall–Kier alpha value is -1.14. The molecule has 70 valence electrons. The quantitative estimate of drug-likeness (QED) is 0.363. The van der Waals surface area contributed by atoms with E-state index in [0.29, 0.717) is 0 Å². The lowest BCUT2D eigenvalue weighted by molar-refractivity contribution is -0.123. The Bertz CT molecular complexity index is 171. The third kappa shape index (κ3) is 4.64. The van der Waals surface area contributed by atoms with Gasteiger partial charge < -0.3 is 21.9 Å². The van der Waals surface area contributed by atoms with Gasteiger partial charge in [-0.05, 0) is 0 Å². The van der Waals surface area contributed by atoms with E-state index in [0.717, 1.165) is 0 Å². The van der Waals surface area contributed by atoms with Crippen LogP contribution in [0.4, 0.5) is 0 Å². The number of primary amides is 1. The summed E-state index contributed by atoms with van der Waals surface area (Å²) in [5.74, 6) is -0.980. The van der Waals surface area contributed by atoms with E-state index in [1.165, 1.54) is 0 Å². The fraction of sp³-hybridized carbons (Fsp3) is 0.667. The molecule has 0 fully saturated rings. The highest BCUT2D eigenvalue weighted by Crippen LogP contribution is 1.78. The number of carbonyl (C=O) groups is 2. The molecule has 0 radical (unpaired) electrons. The van der Waals surface area contributed by atoms with E-state index in [1.54, 1.807) is 0 Å². The smallest absolute Gasteiger partial charge is 0.239 e. The number of rotatable bonds is 5. The molecule has 0 aromatic heterocycles. The van der Waals surface area contributed by atoms with Crippen LogP contribution in [0.25, 0.3) is 0 Å². The molecule has 0 heterocycles. The van der Waals surface area contributed by atoms with Crippen molar-refractivity contribution in [2.24, 2.45) is 11.5 Å². The van der Waals surface area contributed by atoms with Gasteiger partial charge in [0.15, 0.2) is 0 Å². The van der Waals surface area contributed by atoms with Crippen molar-refractivity contribution in [1.29, 1.82) is 0 Å². The first-order valence-electron chi connectivity index (χ1n) is 3.50. The molecule has 0 aliphatic rings. The zero-order chi connectivity index (χ0) is 9.56. The standard InChI is InChI=1S/C6H13N3O3/c7-4(3-10)6(12)9-2-1-5(8)11/h4,10H,1-3,7H2,(H2,8,11)(H,9,12)/t4-/m0/s1. The molecular weight excluding hydrogens is 162 g/mol. The molecule has 0 unspecified atom stereocenters. The molecule has 0 aromatic carbocycles. The average molecular weight is 175 g/mol. The third-order valence-corrected chi connectivity index (χ3v) is 1.20. The highest BCUT2D eigenvalue weighted by Gasteiger charge is 2.10. The largest absolute Gasteiger partial charge is 0.394 e. The van der Waals surface area contributed by atoms with Gasteiger partial charge in [-0.25, -0.2) is 0 Å². The van der Waals surface area contributed by atoms with Crippen molar-refractivity contribution >= 4 is 11.8 Å². The van der Waals surface area contributed by atoms with E-state index in [-0.39, 0.29) is 13.0 Å². The van der Waals surface area contributed by atoms with Crippen molar-refractivity contribution in [3.63, 3.8) is 0 Å². The summed E-state index contributed by atoms with van der Waals surface area (Å²) in [7, 11) is 0. The van der Waals surface area contributed by atoms with Gasteiger partial charge in [0.2, 0.25) is 11.8 Å². The first kappa shape index (κ1) is 10.9. The van der Waals surface area contributed by atoms with Crippen molar-refractivity contribution in [3.8, 4) is 0 Å². The van der Waals surface area contributed by atoms with E-state index >= 15 is 0 Å². The van der Waals surface area contributed by atoms with Crippen LogP contribution in [0.5, 0.6) is 0 Å². The molecule has 0 saturated carbocycles. The zero-order valence-corrected chi connectivity index (χ0v) is 6.62. The van der Waals surface area contributed by atoms with E-state index in [9.17, 15) is 9.59 Å². The zero-order valence-electron chi connectivity index (χ0n) is 6.62. The first-order chi connectivity index (χ1) is 5.57. The molecule has 0 spiro atoms. The number of amides is 2. The van der Waals surface area contributed by atoms with Crippen LogP contribution in [0.2, 0.25) is 0 Å². The molecule has 0 saturated heterocycles. The Morgan fingerprint density at radius 2 is 2.08 bits per heavy atom. The van der Waals surface area contributed by atoms with Gasteiger partial charge in [-0.3, -0.25) is 9.59 Å². The SMILES string of the molecule is NC(=O)CCNC(=O)[C@@H](N)CO. The minimum atomic E-state index is -0.933. The van der Waals surface area contributed by atoms with E-state index in [1.807, 2.05) is 0 Å². The topological polar surface area (TPSA) is 118 Å². The minimum absolute atomic E-state index is 0.0733. The van der Waals surface area contributed by atoms with Crippen LogP contribution in [0, 0.1) is 0 Å². The highest BCUT2D eigenvalue weighted by molar-refractivity contribution is 5.82. The summed E-state index contributed by atoms with van der Waals surface area (Å²) >= 11 is 0. The predicted molar refractivity (Wildman–Crippen MR) is 41.9 cm³/mol. The van der Waals surface area contributed by atoms with Crippen molar-refractivity contribution in [3.05, 3.63) is 0 Å². The average Bonchev–Trinajstić information content (AvgIpc) is 2.02. The monoisotopic (exact) mass is 175 g/mol. The Balaban J connectivity index is 3.50. The number of hydrogen-bond acceptors (Lipinski definition) is 4. The number of nitrogens with two attached hydrogens (primary N) is 2. The molecule has 6 heteroatoms. The lowest BCUT2D eigenvalue weighted by Crippen LogP contribution is -2.43. The molecule has 0 rings (SSSR count). The molecule has 2 amide bonds. The summed E-state index contributed by atoms with van der Waals surface area (Å²) in [4.78, 5) is 21.0. The van der Waals surface area contributed by atoms with Gasteiger partial charge in [-0.1, -0.05) is 0 Å². The van der Waals surface area contributed by atoms with Crippen LogP contribution in [0.15, 0.2) is 0 Å². The minimum Gasteiger partial charge on any atom is -0.394 e. The maximum Gasteiger partial charge on any atom is 0.239 e. The Labute approximate surface area is 69.9 Å². The summed E-state index contributed by atoms with van der Waals surface area (Å²) < 4.78 is 0. The van der Waals surface area contributed by atoms with E-state index < -0.39 is 24.5 Å². The summed E-state index contributed by atoms with van der Waals surface area (Å²) in [6.07, 6.45) is 0.0733. The third-order valence-electron chi connectivity index (χ3n) is 1.20. The molecule has 0 aliphatic carbocycles. The lowest BCUT2D eigenvalue weighted by Gasteiger charge is -2.07. The van der Waals surface area contributed by atoms with Gasteiger partial charge in [0.05, 0.1) is 6.61 Å². The summed E-state index contributed by atoms with van der Waals surface area (Å²) in [5, 5.41) is 10.8. The summed E-state index contributed by atoms with van der Waals surface area (Å²) in [6, 6.07) is -0.933. The van der Waals surface area contributed by atoms with E-state index in [2.05, 4.69) is 5.32 Å². The predicted octanol–water partition coefficient (Wildman–Crippen LogP) is -2.70. The summed E-state index contributed by atoms with van der Waals surface area (Å²) in [5.41, 5.74) is 9.97. The van der Waals surface area contributed by atoms with Gasteiger partial charge in [0.1, 0.15) is 6.04 Å². The van der Waals surface area contributed by atoms with Crippen molar-refractivity contribution in [2.45, 2.75) is 12.5 Å². The van der Waals surface area contributed by atoms with Crippen LogP contribution in [-0.4, -0.2) is 36.1 Å². The number of hydrogen-bond donors (Lipinski definition) is 4. The second kappa shape index (κ2) is 5.50. The van der Waals surface area contributed by atoms with Crippen LogP contribution in [0.1, 0.15) is 6.42 Å². The maximum absolute atomic E-state index is 10.8. The molecule has 0 aromatic rings. The fourth-order valence-electron chi connectivity index (χ4n) is 0.523. The molecule has 0 bridgehead atoms. The molecule has 12 heavy (non-hydrogen) atoms. The molecule has 6 nitrogen and oxygen atoms in total. The second-order valence-corrected chi connectivity index (χ2v) is 2.30. The Morgan fingerprint density at radius 1 is 1.50 bits per heavy atom. The van der Waals surface area contributed by atoms with Gasteiger partial charge in [0, 0.05) is 13.0 Å². The Kier molecular flexibility index (Phi) is 4.98. The van der Waals surface area contributed by atoms with Crippen LogP contribution in [-0.2, 0) is 9.59 Å². The number of nitrogens with one attached hydrogen (secondary N) is 1. The van der Waals surface area contributed by atoms with Crippen molar-refractivity contribution in [1.82, 2.24) is 5.32 Å².